The second-order valence-corrected chi connectivity index (χ2v) is 4.22. The van der Waals surface area contributed by atoms with Crippen LogP contribution in [0.25, 0.3) is 11.0 Å². The van der Waals surface area contributed by atoms with Crippen molar-refractivity contribution in [3.05, 3.63) is 59.7 Å². The molecule has 3 rings (SSSR count). The molecule has 4 nitrogen and oxygen atoms in total. The quantitative estimate of drug-likeness (QED) is 0.670. The van der Waals surface area contributed by atoms with E-state index in [-0.39, 0.29) is 6.61 Å². The number of esters is 1. The molecule has 0 N–H and O–H groups in total. The molecule has 0 fully saturated rings. The number of fused-ring (bicyclic) bond motifs is 1. The molecule has 1 aromatic carbocycles. The molecule has 0 radical (unpaired) electrons. The van der Waals surface area contributed by atoms with Gasteiger partial charge in [-0.15, -0.1) is 0 Å². The number of carbonyl (C=O) groups is 1. The van der Waals surface area contributed by atoms with Crippen LogP contribution in [0.5, 0.6) is 0 Å². The second kappa shape index (κ2) is 4.65. The predicted molar refractivity (Wildman–Crippen MR) is 68.8 cm³/mol. The summed E-state index contributed by atoms with van der Waals surface area (Å²) in [5, 5.41) is 0.994. The Hall–Kier alpha value is -2.49. The van der Waals surface area contributed by atoms with Crippen LogP contribution in [0.4, 0.5) is 0 Å². The fourth-order valence-corrected chi connectivity index (χ4v) is 1.92. The topological polar surface area (TPSA) is 52.6 Å². The molecule has 2 aromatic heterocycles. The first-order chi connectivity index (χ1) is 9.24. The number of hydrogen-bond donors (Lipinski definition) is 0. The first-order valence-electron chi connectivity index (χ1n) is 5.93. The third-order valence-electron chi connectivity index (χ3n) is 2.90. The fourth-order valence-electron chi connectivity index (χ4n) is 1.92. The van der Waals surface area contributed by atoms with Gasteiger partial charge in [0.1, 0.15) is 29.3 Å². The van der Waals surface area contributed by atoms with Crippen molar-refractivity contribution in [1.82, 2.24) is 0 Å². The maximum atomic E-state index is 11.8. The number of furan rings is 2. The van der Waals surface area contributed by atoms with Gasteiger partial charge in [0.25, 0.3) is 0 Å². The van der Waals surface area contributed by atoms with Gasteiger partial charge in [0, 0.05) is 5.39 Å². The normalized spacial score (nSPS) is 10.8. The summed E-state index contributed by atoms with van der Waals surface area (Å²) < 4.78 is 15.8. The van der Waals surface area contributed by atoms with Crippen molar-refractivity contribution in [2.75, 3.05) is 0 Å². The minimum Gasteiger partial charge on any atom is -0.469 e. The van der Waals surface area contributed by atoms with Gasteiger partial charge in [0.15, 0.2) is 0 Å². The van der Waals surface area contributed by atoms with Crippen molar-refractivity contribution < 1.29 is 18.4 Å². The number of benzene rings is 1. The second-order valence-electron chi connectivity index (χ2n) is 4.22. The van der Waals surface area contributed by atoms with Crippen molar-refractivity contribution in [2.24, 2.45) is 0 Å². The van der Waals surface area contributed by atoms with Crippen LogP contribution >= 0.6 is 0 Å². The molecule has 2 heterocycles. The summed E-state index contributed by atoms with van der Waals surface area (Å²) in [5.74, 6) is 0.761. The van der Waals surface area contributed by atoms with E-state index in [1.54, 1.807) is 13.0 Å². The molecule has 0 spiro atoms. The van der Waals surface area contributed by atoms with Gasteiger partial charge in [0.2, 0.25) is 0 Å². The SMILES string of the molecule is Cc1occc1C(=O)OCc1cc2ccccc2o1. The Morgan fingerprint density at radius 2 is 2.11 bits per heavy atom. The van der Waals surface area contributed by atoms with Gasteiger partial charge in [-0.1, -0.05) is 18.2 Å². The van der Waals surface area contributed by atoms with Gasteiger partial charge in [0.05, 0.1) is 6.26 Å². The van der Waals surface area contributed by atoms with Crippen molar-refractivity contribution in [3.63, 3.8) is 0 Å². The lowest BCUT2D eigenvalue weighted by Gasteiger charge is -2.00. The summed E-state index contributed by atoms with van der Waals surface area (Å²) in [5.41, 5.74) is 1.23. The lowest BCUT2D eigenvalue weighted by Crippen LogP contribution is -2.04. The van der Waals surface area contributed by atoms with Crippen molar-refractivity contribution >= 4 is 16.9 Å². The predicted octanol–water partition coefficient (Wildman–Crippen LogP) is 3.69. The van der Waals surface area contributed by atoms with Crippen molar-refractivity contribution in [3.8, 4) is 0 Å². The van der Waals surface area contributed by atoms with Crippen LogP contribution in [0.15, 0.2) is 51.5 Å². The van der Waals surface area contributed by atoms with Crippen LogP contribution in [-0.2, 0) is 11.3 Å². The molecule has 0 saturated heterocycles. The minimum atomic E-state index is -0.410. The molecule has 0 bridgehead atoms. The minimum absolute atomic E-state index is 0.109. The largest absolute Gasteiger partial charge is 0.469 e. The number of rotatable bonds is 3. The smallest absolute Gasteiger partial charge is 0.342 e. The first-order valence-corrected chi connectivity index (χ1v) is 5.93. The highest BCUT2D eigenvalue weighted by Crippen LogP contribution is 2.20. The van der Waals surface area contributed by atoms with Crippen LogP contribution in [0, 0.1) is 6.92 Å². The van der Waals surface area contributed by atoms with Gasteiger partial charge >= 0.3 is 5.97 Å². The molecule has 96 valence electrons. The maximum absolute atomic E-state index is 11.8. The summed E-state index contributed by atoms with van der Waals surface area (Å²) >= 11 is 0. The number of hydrogen-bond acceptors (Lipinski definition) is 4. The Morgan fingerprint density at radius 3 is 2.84 bits per heavy atom. The number of aryl methyl sites for hydroxylation is 1. The lowest BCUT2D eigenvalue weighted by molar-refractivity contribution is 0.0445. The summed E-state index contributed by atoms with van der Waals surface area (Å²) in [6.45, 7) is 1.83. The lowest BCUT2D eigenvalue weighted by atomic mass is 10.2. The van der Waals surface area contributed by atoms with Gasteiger partial charge in [-0.3, -0.25) is 0 Å². The molecule has 0 aliphatic heterocycles. The molecule has 0 aliphatic rings. The molecule has 19 heavy (non-hydrogen) atoms. The number of para-hydroxylation sites is 1. The molecule has 0 saturated carbocycles. The van der Waals surface area contributed by atoms with E-state index in [0.717, 1.165) is 11.0 Å². The molecule has 4 heteroatoms. The van der Waals surface area contributed by atoms with Crippen LogP contribution in [0.2, 0.25) is 0 Å². The summed E-state index contributed by atoms with van der Waals surface area (Å²) in [6, 6.07) is 11.1. The molecular weight excluding hydrogens is 244 g/mol. The highest BCUT2D eigenvalue weighted by Gasteiger charge is 2.14. The molecule has 0 amide bonds. The van der Waals surface area contributed by atoms with E-state index in [1.807, 2.05) is 30.3 Å². The highest BCUT2D eigenvalue weighted by molar-refractivity contribution is 5.90. The zero-order chi connectivity index (χ0) is 13.2. The van der Waals surface area contributed by atoms with E-state index < -0.39 is 5.97 Å². The Balaban J connectivity index is 1.72. The maximum Gasteiger partial charge on any atom is 0.342 e. The van der Waals surface area contributed by atoms with E-state index in [1.165, 1.54) is 6.26 Å². The van der Waals surface area contributed by atoms with Crippen LogP contribution in [-0.4, -0.2) is 5.97 Å². The van der Waals surface area contributed by atoms with Gasteiger partial charge in [-0.2, -0.15) is 0 Å². The third-order valence-corrected chi connectivity index (χ3v) is 2.90. The van der Waals surface area contributed by atoms with Gasteiger partial charge in [-0.25, -0.2) is 4.79 Å². The number of ether oxygens (including phenoxy) is 1. The number of carbonyl (C=O) groups excluding carboxylic acids is 1. The zero-order valence-corrected chi connectivity index (χ0v) is 10.4. The van der Waals surface area contributed by atoms with Crippen molar-refractivity contribution in [1.29, 1.82) is 0 Å². The average Bonchev–Trinajstić information content (AvgIpc) is 3.01. The monoisotopic (exact) mass is 256 g/mol. The van der Waals surface area contributed by atoms with E-state index in [9.17, 15) is 4.79 Å². The average molecular weight is 256 g/mol. The summed E-state index contributed by atoms with van der Waals surface area (Å²) in [4.78, 5) is 11.8. The molecule has 0 unspecified atom stereocenters. The third kappa shape index (κ3) is 2.25. The molecule has 0 atom stereocenters. The summed E-state index contributed by atoms with van der Waals surface area (Å²) in [7, 11) is 0. The van der Waals surface area contributed by atoms with E-state index >= 15 is 0 Å². The van der Waals surface area contributed by atoms with E-state index in [4.69, 9.17) is 13.6 Å². The Morgan fingerprint density at radius 1 is 1.26 bits per heavy atom. The van der Waals surface area contributed by atoms with E-state index in [0.29, 0.717) is 17.1 Å². The van der Waals surface area contributed by atoms with Gasteiger partial charge in [-0.05, 0) is 25.1 Å². The van der Waals surface area contributed by atoms with Crippen LogP contribution in [0.1, 0.15) is 21.9 Å². The fraction of sp³-hybridized carbons (Fsp3) is 0.133. The Kier molecular flexibility index (Phi) is 2.83. The standard InChI is InChI=1S/C15H12O4/c1-10-13(6-7-17-10)15(16)18-9-12-8-11-4-2-3-5-14(11)19-12/h2-8H,9H2,1H3. The first kappa shape index (κ1) is 11.6. The van der Waals surface area contributed by atoms with Gasteiger partial charge < -0.3 is 13.6 Å². The molecule has 0 aliphatic carbocycles. The van der Waals surface area contributed by atoms with Crippen molar-refractivity contribution in [2.45, 2.75) is 13.5 Å². The van der Waals surface area contributed by atoms with Crippen LogP contribution < -0.4 is 0 Å². The zero-order valence-electron chi connectivity index (χ0n) is 10.4. The highest BCUT2D eigenvalue weighted by atomic mass is 16.5. The van der Waals surface area contributed by atoms with E-state index in [2.05, 4.69) is 0 Å². The molecular formula is C15H12O4. The van der Waals surface area contributed by atoms with Crippen LogP contribution in [0.3, 0.4) is 0 Å². The Labute approximate surface area is 109 Å². The molecule has 3 aromatic rings. The summed E-state index contributed by atoms with van der Waals surface area (Å²) in [6.07, 6.45) is 1.47. The Bertz CT molecular complexity index is 687.